The zero-order valence-electron chi connectivity index (χ0n) is 16.2. The summed E-state index contributed by atoms with van der Waals surface area (Å²) in [5.74, 6) is -0.368. The normalized spacial score (nSPS) is 14.9. The number of thiophene rings is 1. The Balaban J connectivity index is 1.34. The van der Waals surface area contributed by atoms with Crippen molar-refractivity contribution in [1.29, 1.82) is 0 Å². The third-order valence-electron chi connectivity index (χ3n) is 5.73. The van der Waals surface area contributed by atoms with Gasteiger partial charge in [-0.2, -0.15) is 5.10 Å². The van der Waals surface area contributed by atoms with Gasteiger partial charge >= 0.3 is 0 Å². The molecule has 2 N–H and O–H groups in total. The van der Waals surface area contributed by atoms with Gasteiger partial charge in [0.2, 0.25) is 0 Å². The summed E-state index contributed by atoms with van der Waals surface area (Å²) in [5, 5.41) is 11.8. The second kappa shape index (κ2) is 7.53. The highest BCUT2D eigenvalue weighted by Crippen LogP contribution is 2.28. The maximum absolute atomic E-state index is 13.1. The van der Waals surface area contributed by atoms with E-state index in [2.05, 4.69) is 15.5 Å². The zero-order valence-corrected chi connectivity index (χ0v) is 17.1. The molecule has 152 valence electrons. The molecule has 0 atom stereocenters. The van der Waals surface area contributed by atoms with Crippen LogP contribution in [0.5, 0.6) is 0 Å². The van der Waals surface area contributed by atoms with E-state index in [0.717, 1.165) is 30.5 Å². The number of hydrogen-bond acceptors (Lipinski definition) is 5. The molecule has 8 heteroatoms. The molecule has 0 bridgehead atoms. The molecule has 0 spiro atoms. The Kier molecular flexibility index (Phi) is 4.71. The molecule has 3 heterocycles. The van der Waals surface area contributed by atoms with Gasteiger partial charge in [0.25, 0.3) is 17.4 Å². The lowest BCUT2D eigenvalue weighted by Crippen LogP contribution is -2.37. The first-order valence-electron chi connectivity index (χ1n) is 9.96. The summed E-state index contributed by atoms with van der Waals surface area (Å²) in [6.45, 7) is 0.845. The van der Waals surface area contributed by atoms with Crippen molar-refractivity contribution < 1.29 is 9.59 Å². The molecule has 1 aliphatic carbocycles. The molecule has 5 rings (SSSR count). The third kappa shape index (κ3) is 3.43. The number of aromatic amines is 1. The molecule has 3 aromatic rings. The molecule has 1 aromatic carbocycles. The van der Waals surface area contributed by atoms with Gasteiger partial charge in [-0.25, -0.2) is 5.10 Å². The smallest absolute Gasteiger partial charge is 0.264 e. The Hall–Kier alpha value is -3.26. The molecule has 2 aromatic heterocycles. The number of carbonyl (C=O) groups excluding carboxylic acids is 2. The Morgan fingerprint density at radius 3 is 2.83 bits per heavy atom. The number of carbonyl (C=O) groups is 2. The van der Waals surface area contributed by atoms with Crippen LogP contribution in [0.4, 0.5) is 5.00 Å². The lowest BCUT2D eigenvalue weighted by molar-refractivity contribution is 0.0734. The first-order valence-corrected chi connectivity index (χ1v) is 10.8. The summed E-state index contributed by atoms with van der Waals surface area (Å²) >= 11 is 1.33. The van der Waals surface area contributed by atoms with Crippen molar-refractivity contribution in [3.8, 4) is 0 Å². The van der Waals surface area contributed by atoms with Crippen LogP contribution in [0.15, 0.2) is 40.5 Å². The van der Waals surface area contributed by atoms with E-state index in [1.54, 1.807) is 16.3 Å². The number of rotatable bonds is 3. The monoisotopic (exact) mass is 420 g/mol. The van der Waals surface area contributed by atoms with Crippen molar-refractivity contribution in [3.05, 3.63) is 79.6 Å². The van der Waals surface area contributed by atoms with E-state index in [9.17, 15) is 14.4 Å². The zero-order chi connectivity index (χ0) is 20.7. The standard InChI is InChI=1S/C22H20N4O3S/c27-19-11-16-12-26(8-6-18(16)24-25-19)22(29)17-7-9-30-21(17)23-20(28)15-5-4-13-2-1-3-14(13)10-15/h4-5,7,9-11H,1-3,6,8,12H2,(H,23,28)(H,25,27). The molecule has 0 fully saturated rings. The highest BCUT2D eigenvalue weighted by atomic mass is 32.1. The molecular formula is C22H20N4O3S. The first kappa shape index (κ1) is 18.7. The van der Waals surface area contributed by atoms with Crippen molar-refractivity contribution in [2.45, 2.75) is 32.2 Å². The second-order valence-electron chi connectivity index (χ2n) is 7.64. The summed E-state index contributed by atoms with van der Waals surface area (Å²) in [7, 11) is 0. The molecule has 2 aliphatic rings. The molecule has 1 aliphatic heterocycles. The van der Waals surface area contributed by atoms with Crippen LogP contribution < -0.4 is 10.9 Å². The maximum Gasteiger partial charge on any atom is 0.264 e. The number of nitrogens with one attached hydrogen (secondary N) is 2. The fourth-order valence-corrected chi connectivity index (χ4v) is 4.93. The molecule has 0 saturated carbocycles. The number of H-pyrrole nitrogens is 1. The number of fused-ring (bicyclic) bond motifs is 2. The van der Waals surface area contributed by atoms with Crippen molar-refractivity contribution in [2.75, 3.05) is 11.9 Å². The number of hydrogen-bond donors (Lipinski definition) is 2. The van der Waals surface area contributed by atoms with E-state index in [-0.39, 0.29) is 17.4 Å². The van der Waals surface area contributed by atoms with Crippen molar-refractivity contribution in [2.24, 2.45) is 0 Å². The maximum atomic E-state index is 13.1. The lowest BCUT2D eigenvalue weighted by atomic mass is 10.1. The molecule has 0 saturated heterocycles. The van der Waals surface area contributed by atoms with Crippen LogP contribution in [0.25, 0.3) is 0 Å². The molecule has 7 nitrogen and oxygen atoms in total. The SMILES string of the molecule is O=C(Nc1sccc1C(=O)N1CCc2n[nH]c(=O)cc2C1)c1ccc2c(c1)CCC2. The van der Waals surface area contributed by atoms with Crippen LogP contribution in [0, 0.1) is 0 Å². The van der Waals surface area contributed by atoms with E-state index in [0.29, 0.717) is 35.6 Å². The van der Waals surface area contributed by atoms with Gasteiger partial charge in [-0.3, -0.25) is 14.4 Å². The molecule has 2 amide bonds. The predicted octanol–water partition coefficient (Wildman–Crippen LogP) is 2.77. The van der Waals surface area contributed by atoms with Crippen LogP contribution in [0.3, 0.4) is 0 Å². The van der Waals surface area contributed by atoms with E-state index >= 15 is 0 Å². The van der Waals surface area contributed by atoms with Gasteiger partial charge in [0.15, 0.2) is 0 Å². The lowest BCUT2D eigenvalue weighted by Gasteiger charge is -2.27. The minimum atomic E-state index is -0.277. The fourth-order valence-electron chi connectivity index (χ4n) is 4.15. The summed E-state index contributed by atoms with van der Waals surface area (Å²) in [6.07, 6.45) is 3.79. The fraction of sp³-hybridized carbons (Fsp3) is 0.273. The highest BCUT2D eigenvalue weighted by molar-refractivity contribution is 7.14. The number of aromatic nitrogens is 2. The van der Waals surface area contributed by atoms with Gasteiger partial charge in [-0.15, -0.1) is 11.3 Å². The third-order valence-corrected chi connectivity index (χ3v) is 6.56. The van der Waals surface area contributed by atoms with Crippen LogP contribution >= 0.6 is 11.3 Å². The number of aryl methyl sites for hydroxylation is 2. The van der Waals surface area contributed by atoms with E-state index in [4.69, 9.17) is 0 Å². The first-order chi connectivity index (χ1) is 14.6. The summed E-state index contributed by atoms with van der Waals surface area (Å²) in [5.41, 5.74) is 4.93. The van der Waals surface area contributed by atoms with E-state index in [1.807, 2.05) is 18.2 Å². The quantitative estimate of drug-likeness (QED) is 0.681. The molecule has 0 unspecified atom stereocenters. The van der Waals surface area contributed by atoms with Gasteiger partial charge in [0.05, 0.1) is 11.3 Å². The highest BCUT2D eigenvalue weighted by Gasteiger charge is 2.26. The number of benzene rings is 1. The Labute approximate surface area is 176 Å². The summed E-state index contributed by atoms with van der Waals surface area (Å²) in [6, 6.07) is 9.06. The average Bonchev–Trinajstić information content (AvgIpc) is 3.41. The van der Waals surface area contributed by atoms with Gasteiger partial charge in [-0.05, 0) is 54.0 Å². The van der Waals surface area contributed by atoms with Gasteiger partial charge in [0.1, 0.15) is 5.00 Å². The van der Waals surface area contributed by atoms with Crippen LogP contribution in [-0.4, -0.2) is 33.5 Å². The van der Waals surface area contributed by atoms with Crippen LogP contribution in [-0.2, 0) is 25.8 Å². The van der Waals surface area contributed by atoms with Crippen molar-refractivity contribution in [3.63, 3.8) is 0 Å². The topological polar surface area (TPSA) is 95.2 Å². The molecular weight excluding hydrogens is 400 g/mol. The minimum Gasteiger partial charge on any atom is -0.334 e. The molecule has 30 heavy (non-hydrogen) atoms. The predicted molar refractivity (Wildman–Crippen MR) is 114 cm³/mol. The Morgan fingerprint density at radius 2 is 1.93 bits per heavy atom. The number of amides is 2. The van der Waals surface area contributed by atoms with Crippen LogP contribution in [0.1, 0.15) is 49.5 Å². The van der Waals surface area contributed by atoms with Gasteiger partial charge in [0, 0.05) is 36.7 Å². The van der Waals surface area contributed by atoms with Crippen LogP contribution in [0.2, 0.25) is 0 Å². The number of anilines is 1. The van der Waals surface area contributed by atoms with E-state index in [1.165, 1.54) is 28.5 Å². The Bertz CT molecular complexity index is 1210. The number of nitrogens with zero attached hydrogens (tertiary/aromatic N) is 2. The van der Waals surface area contributed by atoms with E-state index < -0.39 is 0 Å². The minimum absolute atomic E-state index is 0.161. The van der Waals surface area contributed by atoms with Crippen molar-refractivity contribution in [1.82, 2.24) is 15.1 Å². The second-order valence-corrected chi connectivity index (χ2v) is 8.55. The summed E-state index contributed by atoms with van der Waals surface area (Å²) in [4.78, 5) is 39.2. The van der Waals surface area contributed by atoms with Crippen molar-refractivity contribution >= 4 is 28.2 Å². The molecule has 0 radical (unpaired) electrons. The average molecular weight is 420 g/mol. The summed E-state index contributed by atoms with van der Waals surface area (Å²) < 4.78 is 0. The Morgan fingerprint density at radius 1 is 1.07 bits per heavy atom. The largest absolute Gasteiger partial charge is 0.334 e. The van der Waals surface area contributed by atoms with Gasteiger partial charge in [-0.1, -0.05) is 6.07 Å². The van der Waals surface area contributed by atoms with Gasteiger partial charge < -0.3 is 10.2 Å².